The number of carbonyl (C=O) groups excluding carboxylic acids is 1. The number of nitrogens with zero attached hydrogens (tertiary/aromatic N) is 4. The molecule has 30 heavy (non-hydrogen) atoms. The molecule has 2 aliphatic heterocycles. The summed E-state index contributed by atoms with van der Waals surface area (Å²) in [4.78, 5) is 19.4. The summed E-state index contributed by atoms with van der Waals surface area (Å²) in [6, 6.07) is 14.6. The van der Waals surface area contributed by atoms with Crippen molar-refractivity contribution in [1.29, 1.82) is 0 Å². The van der Waals surface area contributed by atoms with Gasteiger partial charge in [-0.15, -0.1) is 0 Å². The van der Waals surface area contributed by atoms with Crippen LogP contribution in [0.15, 0.2) is 83.8 Å². The number of fused-ring (bicyclic) bond motifs is 2. The quantitative estimate of drug-likeness (QED) is 0.592. The predicted octanol–water partition coefficient (Wildman–Crippen LogP) is 4.98. The van der Waals surface area contributed by atoms with Gasteiger partial charge in [-0.2, -0.15) is 5.10 Å². The van der Waals surface area contributed by atoms with Crippen LogP contribution in [0.3, 0.4) is 0 Å². The van der Waals surface area contributed by atoms with Crippen molar-refractivity contribution in [2.75, 3.05) is 4.90 Å². The first-order valence-electron chi connectivity index (χ1n) is 9.44. The molecule has 0 unspecified atom stereocenters. The zero-order valence-electron chi connectivity index (χ0n) is 16.1. The lowest BCUT2D eigenvalue weighted by molar-refractivity contribution is 0.0997. The number of benzene rings is 2. The Morgan fingerprint density at radius 2 is 2.03 bits per heavy atom. The van der Waals surface area contributed by atoms with Gasteiger partial charge in [-0.1, -0.05) is 35.9 Å². The van der Waals surface area contributed by atoms with Crippen molar-refractivity contribution in [3.63, 3.8) is 0 Å². The number of hydrogen-bond donors (Lipinski definition) is 0. The van der Waals surface area contributed by atoms with Crippen LogP contribution in [-0.2, 0) is 7.05 Å². The number of hydrogen-bond acceptors (Lipinski definition) is 4. The molecule has 2 aromatic carbocycles. The monoisotopic (exact) mass is 416 g/mol. The van der Waals surface area contributed by atoms with E-state index in [-0.39, 0.29) is 5.91 Å². The highest BCUT2D eigenvalue weighted by molar-refractivity contribution is 6.35. The minimum absolute atomic E-state index is 0.244. The maximum absolute atomic E-state index is 13.5. The van der Waals surface area contributed by atoms with Crippen molar-refractivity contribution in [3.8, 4) is 17.0 Å². The Hall–Kier alpha value is -3.64. The van der Waals surface area contributed by atoms with Crippen LogP contribution < -0.4 is 9.64 Å². The number of carbonyl (C=O) groups is 1. The highest BCUT2D eigenvalue weighted by Crippen LogP contribution is 2.36. The number of halogens is 1. The summed E-state index contributed by atoms with van der Waals surface area (Å²) >= 11 is 6.54. The predicted molar refractivity (Wildman–Crippen MR) is 117 cm³/mol. The molecule has 148 valence electrons. The summed E-state index contributed by atoms with van der Waals surface area (Å²) < 4.78 is 7.70. The maximum Gasteiger partial charge on any atom is 0.263 e. The van der Waals surface area contributed by atoms with E-state index in [1.54, 1.807) is 34.1 Å². The number of rotatable bonds is 2. The van der Waals surface area contributed by atoms with Gasteiger partial charge in [0.1, 0.15) is 0 Å². The molecule has 0 saturated heterocycles. The topological polar surface area (TPSA) is 59.7 Å². The summed E-state index contributed by atoms with van der Waals surface area (Å²) in [5, 5.41) is 4.75. The summed E-state index contributed by atoms with van der Waals surface area (Å²) in [5.74, 6) is 0.816. The molecule has 2 aliphatic rings. The van der Waals surface area contributed by atoms with Gasteiger partial charge in [0, 0.05) is 36.8 Å². The lowest BCUT2D eigenvalue weighted by atomic mass is 10.1. The molecular formula is C23H17ClN4O2. The number of aliphatic imine (C=N–C) groups is 1. The van der Waals surface area contributed by atoms with Crippen molar-refractivity contribution in [1.82, 2.24) is 9.78 Å². The van der Waals surface area contributed by atoms with Crippen molar-refractivity contribution < 1.29 is 9.53 Å². The lowest BCUT2D eigenvalue weighted by Gasteiger charge is -2.20. The molecule has 0 saturated carbocycles. The molecule has 0 atom stereocenters. The fourth-order valence-corrected chi connectivity index (χ4v) is 3.72. The van der Waals surface area contributed by atoms with Gasteiger partial charge >= 0.3 is 0 Å². The van der Waals surface area contributed by atoms with Crippen LogP contribution in [0.4, 0.5) is 5.69 Å². The molecule has 0 spiro atoms. The number of anilines is 1. The standard InChI is InChI=1S/C23H17ClN4O2/c1-27-12-10-19(26-27)15-8-9-17(18(24)13-15)23(29)28-14-16-5-4-11-25-22(16)30-21-7-3-2-6-20(21)28/h2-4,6-14H,5H2,1H3. The summed E-state index contributed by atoms with van der Waals surface area (Å²) in [7, 11) is 1.85. The van der Waals surface area contributed by atoms with Crippen LogP contribution in [0.25, 0.3) is 11.3 Å². The second-order valence-corrected chi connectivity index (χ2v) is 7.40. The van der Waals surface area contributed by atoms with Crippen LogP contribution in [0.5, 0.6) is 5.75 Å². The molecule has 1 amide bonds. The first kappa shape index (κ1) is 18.4. The number of allylic oxidation sites excluding steroid dienone is 1. The lowest BCUT2D eigenvalue weighted by Crippen LogP contribution is -2.26. The van der Waals surface area contributed by atoms with Crippen molar-refractivity contribution in [3.05, 3.63) is 89.4 Å². The highest BCUT2D eigenvalue weighted by atomic mass is 35.5. The Morgan fingerprint density at radius 1 is 1.17 bits per heavy atom. The van der Waals surface area contributed by atoms with E-state index < -0.39 is 0 Å². The van der Waals surface area contributed by atoms with Crippen LogP contribution in [0, 0.1) is 0 Å². The molecule has 7 heteroatoms. The first-order chi connectivity index (χ1) is 14.6. The van der Waals surface area contributed by atoms with E-state index in [1.165, 1.54) is 0 Å². The van der Waals surface area contributed by atoms with Crippen molar-refractivity contribution in [2.24, 2.45) is 12.0 Å². The number of aryl methyl sites for hydroxylation is 1. The van der Waals surface area contributed by atoms with E-state index >= 15 is 0 Å². The van der Waals surface area contributed by atoms with Gasteiger partial charge in [0.2, 0.25) is 5.90 Å². The average Bonchev–Trinajstić information content (AvgIpc) is 3.11. The molecule has 1 aromatic heterocycles. The van der Waals surface area contributed by atoms with E-state index in [0.717, 1.165) is 16.8 Å². The summed E-state index contributed by atoms with van der Waals surface area (Å²) in [6.45, 7) is 0. The smallest absolute Gasteiger partial charge is 0.263 e. The van der Waals surface area contributed by atoms with Crippen LogP contribution >= 0.6 is 11.6 Å². The summed E-state index contributed by atoms with van der Waals surface area (Å²) in [5.41, 5.74) is 3.50. The van der Waals surface area contributed by atoms with Crippen LogP contribution in [0.1, 0.15) is 16.8 Å². The third-order valence-corrected chi connectivity index (χ3v) is 5.27. The molecule has 0 aliphatic carbocycles. The zero-order chi connectivity index (χ0) is 20.7. The van der Waals surface area contributed by atoms with Crippen LogP contribution in [0.2, 0.25) is 5.02 Å². The first-order valence-corrected chi connectivity index (χ1v) is 9.82. The van der Waals surface area contributed by atoms with E-state index in [0.29, 0.717) is 34.3 Å². The molecule has 5 rings (SSSR count). The molecule has 0 bridgehead atoms. The molecule has 6 nitrogen and oxygen atoms in total. The van der Waals surface area contributed by atoms with E-state index in [9.17, 15) is 4.79 Å². The second-order valence-electron chi connectivity index (χ2n) is 6.99. The third-order valence-electron chi connectivity index (χ3n) is 4.95. The molecule has 0 fully saturated rings. The summed E-state index contributed by atoms with van der Waals surface area (Å²) in [6.07, 6.45) is 7.90. The fraction of sp³-hybridized carbons (Fsp3) is 0.0870. The Balaban J connectivity index is 1.57. The van der Waals surface area contributed by atoms with Gasteiger partial charge in [0.25, 0.3) is 5.91 Å². The van der Waals surface area contributed by atoms with Gasteiger partial charge < -0.3 is 4.74 Å². The molecule has 3 aromatic rings. The Bertz CT molecular complexity index is 1260. The minimum atomic E-state index is -0.244. The molecule has 0 N–H and O–H groups in total. The largest absolute Gasteiger partial charge is 0.436 e. The molecule has 0 radical (unpaired) electrons. The average molecular weight is 417 g/mol. The number of ether oxygens (including phenoxy) is 1. The highest BCUT2D eigenvalue weighted by Gasteiger charge is 2.27. The fourth-order valence-electron chi connectivity index (χ4n) is 3.46. The Morgan fingerprint density at radius 3 is 2.83 bits per heavy atom. The molecular weight excluding hydrogens is 400 g/mol. The maximum atomic E-state index is 13.5. The van der Waals surface area contributed by atoms with Gasteiger partial charge in [0.05, 0.1) is 22.0 Å². The number of aromatic nitrogens is 2. The SMILES string of the molecule is Cn1ccc(-c2ccc(C(=O)N3C=C4CC=CN=C4Oc4ccccc43)c(Cl)c2)n1. The van der Waals surface area contributed by atoms with Gasteiger partial charge in [-0.25, -0.2) is 4.99 Å². The van der Waals surface area contributed by atoms with Gasteiger partial charge in [-0.05, 0) is 36.8 Å². The molecule has 3 heterocycles. The number of para-hydroxylation sites is 2. The Kier molecular flexibility index (Phi) is 4.48. The Labute approximate surface area is 178 Å². The second kappa shape index (κ2) is 7.31. The van der Waals surface area contributed by atoms with Crippen molar-refractivity contribution in [2.45, 2.75) is 6.42 Å². The van der Waals surface area contributed by atoms with Gasteiger partial charge in [0.15, 0.2) is 5.75 Å². The third kappa shape index (κ3) is 3.21. The van der Waals surface area contributed by atoms with Crippen LogP contribution in [-0.4, -0.2) is 21.6 Å². The van der Waals surface area contributed by atoms with E-state index in [4.69, 9.17) is 16.3 Å². The van der Waals surface area contributed by atoms with Gasteiger partial charge in [-0.3, -0.25) is 14.4 Å². The van der Waals surface area contributed by atoms with Crippen molar-refractivity contribution >= 4 is 29.1 Å². The normalized spacial score (nSPS) is 14.8. The number of amides is 1. The van der Waals surface area contributed by atoms with E-state index in [1.807, 2.05) is 55.7 Å². The minimum Gasteiger partial charge on any atom is -0.436 e. The zero-order valence-corrected chi connectivity index (χ0v) is 16.9. The van der Waals surface area contributed by atoms with E-state index in [2.05, 4.69) is 10.1 Å².